The number of amidine groups is 1. The summed E-state index contributed by atoms with van der Waals surface area (Å²) in [4.78, 5) is 15.9. The summed E-state index contributed by atoms with van der Waals surface area (Å²) in [6.45, 7) is 3.97. The van der Waals surface area contributed by atoms with Crippen LogP contribution in [0.3, 0.4) is 0 Å². The monoisotopic (exact) mass is 280 g/mol. The molecule has 0 aromatic heterocycles. The van der Waals surface area contributed by atoms with Gasteiger partial charge in [0.2, 0.25) is 0 Å². The van der Waals surface area contributed by atoms with Crippen LogP contribution in [0.4, 0.5) is 0 Å². The molecule has 0 heterocycles. The summed E-state index contributed by atoms with van der Waals surface area (Å²) in [5.41, 5.74) is 0.642. The Labute approximate surface area is 120 Å². The number of rotatable bonds is 6. The van der Waals surface area contributed by atoms with E-state index in [0.29, 0.717) is 11.6 Å². The second-order valence-electron chi connectivity index (χ2n) is 4.58. The highest BCUT2D eigenvalue weighted by molar-refractivity contribution is 8.02. The van der Waals surface area contributed by atoms with Crippen LogP contribution in [0.2, 0.25) is 0 Å². The first-order valence-corrected chi connectivity index (χ1v) is 8.18. The largest absolute Gasteiger partial charge is 0.335 e. The first-order chi connectivity index (χ1) is 9.24. The van der Waals surface area contributed by atoms with Crippen LogP contribution in [-0.4, -0.2) is 24.4 Å². The van der Waals surface area contributed by atoms with E-state index < -0.39 is 0 Å². The highest BCUT2D eigenvalue weighted by atomic mass is 32.2. The van der Waals surface area contributed by atoms with Crippen LogP contribution < -0.4 is 5.32 Å². The number of hydrogen-bond donors (Lipinski definition) is 1. The van der Waals surface area contributed by atoms with Crippen LogP contribution in [0.15, 0.2) is 27.7 Å². The Morgan fingerprint density at radius 1 is 1.42 bits per heavy atom. The van der Waals surface area contributed by atoms with Gasteiger partial charge in [0.15, 0.2) is 6.29 Å². The number of aliphatic imine (C=N–C) groups is 1. The average molecular weight is 280 g/mol. The summed E-state index contributed by atoms with van der Waals surface area (Å²) in [5, 5.41) is 4.36. The fourth-order valence-corrected chi connectivity index (χ4v) is 2.68. The molecule has 0 radical (unpaired) electrons. The number of carbonyl (C=O) groups excluding carboxylic acids is 1. The topological polar surface area (TPSA) is 41.5 Å². The van der Waals surface area contributed by atoms with E-state index in [1.807, 2.05) is 19.3 Å². The van der Waals surface area contributed by atoms with E-state index in [4.69, 9.17) is 4.99 Å². The van der Waals surface area contributed by atoms with E-state index in [1.165, 1.54) is 12.8 Å². The maximum atomic E-state index is 11.2. The van der Waals surface area contributed by atoms with Gasteiger partial charge in [-0.15, -0.1) is 11.8 Å². The molecule has 0 atom stereocenters. The Morgan fingerprint density at radius 3 is 2.58 bits per heavy atom. The minimum absolute atomic E-state index is 0.363. The lowest BCUT2D eigenvalue weighted by Gasteiger charge is -2.14. The third kappa shape index (κ3) is 5.23. The van der Waals surface area contributed by atoms with Crippen molar-refractivity contribution in [2.24, 2.45) is 4.99 Å². The molecule has 1 saturated carbocycles. The molecule has 19 heavy (non-hydrogen) atoms. The predicted molar refractivity (Wildman–Crippen MR) is 84.5 cm³/mol. The van der Waals surface area contributed by atoms with E-state index >= 15 is 0 Å². The van der Waals surface area contributed by atoms with Crippen molar-refractivity contribution in [3.63, 3.8) is 0 Å². The van der Waals surface area contributed by atoms with Crippen LogP contribution in [0.1, 0.15) is 46.0 Å². The SMILES string of the molecule is C/C=C(/C=O)C(=NC1CCCC1)N/C(=C/CC)SC. The van der Waals surface area contributed by atoms with E-state index in [9.17, 15) is 4.79 Å². The second kappa shape index (κ2) is 8.97. The molecule has 0 spiro atoms. The zero-order valence-corrected chi connectivity index (χ0v) is 12.9. The van der Waals surface area contributed by atoms with Gasteiger partial charge >= 0.3 is 0 Å². The number of thioether (sulfide) groups is 1. The van der Waals surface area contributed by atoms with Crippen molar-refractivity contribution in [2.45, 2.75) is 52.0 Å². The van der Waals surface area contributed by atoms with Gasteiger partial charge in [0.05, 0.1) is 16.6 Å². The molecule has 3 nitrogen and oxygen atoms in total. The predicted octanol–water partition coefficient (Wildman–Crippen LogP) is 3.68. The molecule has 1 aliphatic carbocycles. The highest BCUT2D eigenvalue weighted by Gasteiger charge is 2.16. The minimum atomic E-state index is 0.363. The summed E-state index contributed by atoms with van der Waals surface area (Å²) in [5.74, 6) is 0.721. The Kier molecular flexibility index (Phi) is 7.56. The number of allylic oxidation sites excluding steroid dienone is 2. The van der Waals surface area contributed by atoms with Crippen LogP contribution >= 0.6 is 11.8 Å². The molecule has 0 aliphatic heterocycles. The molecule has 1 fully saturated rings. The number of nitrogens with one attached hydrogen (secondary N) is 1. The number of carbonyl (C=O) groups is 1. The second-order valence-corrected chi connectivity index (χ2v) is 5.43. The van der Waals surface area contributed by atoms with Crippen LogP contribution in [-0.2, 0) is 4.79 Å². The van der Waals surface area contributed by atoms with Crippen molar-refractivity contribution in [3.8, 4) is 0 Å². The van der Waals surface area contributed by atoms with Crippen LogP contribution in [0.25, 0.3) is 0 Å². The quantitative estimate of drug-likeness (QED) is 0.349. The molecular formula is C15H24N2OS. The van der Waals surface area contributed by atoms with Gasteiger partial charge in [-0.1, -0.05) is 31.9 Å². The molecule has 1 N–H and O–H groups in total. The Morgan fingerprint density at radius 2 is 2.11 bits per heavy atom. The summed E-state index contributed by atoms with van der Waals surface area (Å²) in [7, 11) is 0. The number of hydrogen-bond acceptors (Lipinski definition) is 3. The molecule has 0 saturated heterocycles. The van der Waals surface area contributed by atoms with Gasteiger partial charge in [0.1, 0.15) is 5.84 Å². The fraction of sp³-hybridized carbons (Fsp3) is 0.600. The van der Waals surface area contributed by atoms with Crippen molar-refractivity contribution in [2.75, 3.05) is 6.26 Å². The molecule has 1 aliphatic rings. The summed E-state index contributed by atoms with van der Waals surface area (Å²) >= 11 is 1.65. The number of nitrogens with zero attached hydrogens (tertiary/aromatic N) is 1. The molecule has 0 unspecified atom stereocenters. The highest BCUT2D eigenvalue weighted by Crippen LogP contribution is 2.22. The van der Waals surface area contributed by atoms with Crippen molar-refractivity contribution in [3.05, 3.63) is 22.8 Å². The summed E-state index contributed by atoms with van der Waals surface area (Å²) in [6, 6.07) is 0.363. The molecule has 0 aromatic carbocycles. The van der Waals surface area contributed by atoms with E-state index in [0.717, 1.165) is 36.4 Å². The Balaban J connectivity index is 2.91. The minimum Gasteiger partial charge on any atom is -0.335 e. The number of aldehydes is 1. The zero-order chi connectivity index (χ0) is 14.1. The maximum Gasteiger partial charge on any atom is 0.153 e. The van der Waals surface area contributed by atoms with E-state index in [2.05, 4.69) is 18.3 Å². The molecule has 0 aromatic rings. The molecule has 4 heteroatoms. The Hall–Kier alpha value is -1.03. The van der Waals surface area contributed by atoms with Crippen molar-refractivity contribution < 1.29 is 4.79 Å². The maximum absolute atomic E-state index is 11.2. The normalized spacial score (nSPS) is 18.8. The van der Waals surface area contributed by atoms with Gasteiger partial charge in [0.25, 0.3) is 0 Å². The van der Waals surface area contributed by atoms with Crippen LogP contribution in [0, 0.1) is 0 Å². The van der Waals surface area contributed by atoms with Gasteiger partial charge in [-0.3, -0.25) is 9.79 Å². The Bertz CT molecular complexity index is 380. The molecular weight excluding hydrogens is 256 g/mol. The first kappa shape index (κ1) is 16.0. The summed E-state index contributed by atoms with van der Waals surface area (Å²) < 4.78 is 0. The first-order valence-electron chi connectivity index (χ1n) is 6.96. The van der Waals surface area contributed by atoms with Crippen molar-refractivity contribution in [1.29, 1.82) is 0 Å². The van der Waals surface area contributed by atoms with Gasteiger partial charge in [0, 0.05) is 0 Å². The van der Waals surface area contributed by atoms with Crippen molar-refractivity contribution in [1.82, 2.24) is 5.32 Å². The summed E-state index contributed by atoms with van der Waals surface area (Å²) in [6.07, 6.45) is 12.6. The lowest BCUT2D eigenvalue weighted by Crippen LogP contribution is -2.26. The standard InChI is InChI=1S/C15H24N2OS/c1-4-8-14(19-3)17-15(12(5-2)11-18)16-13-9-6-7-10-13/h5,8,11,13H,4,6-7,9-10H2,1-3H3,(H,16,17)/b12-5-,14-8-. The van der Waals surface area contributed by atoms with Gasteiger partial charge in [-0.25, -0.2) is 0 Å². The van der Waals surface area contributed by atoms with E-state index in [-0.39, 0.29) is 0 Å². The van der Waals surface area contributed by atoms with Crippen LogP contribution in [0.5, 0.6) is 0 Å². The van der Waals surface area contributed by atoms with Crippen molar-refractivity contribution >= 4 is 23.9 Å². The molecule has 106 valence electrons. The smallest absolute Gasteiger partial charge is 0.153 e. The zero-order valence-electron chi connectivity index (χ0n) is 12.1. The third-order valence-corrected chi connectivity index (χ3v) is 3.91. The molecule has 0 bridgehead atoms. The van der Waals surface area contributed by atoms with E-state index in [1.54, 1.807) is 11.8 Å². The third-order valence-electron chi connectivity index (χ3n) is 3.20. The molecule has 1 rings (SSSR count). The van der Waals surface area contributed by atoms with Gasteiger partial charge < -0.3 is 5.32 Å². The van der Waals surface area contributed by atoms with Gasteiger partial charge in [-0.2, -0.15) is 0 Å². The fourth-order valence-electron chi connectivity index (χ4n) is 2.14. The van der Waals surface area contributed by atoms with Gasteiger partial charge in [-0.05, 0) is 32.4 Å². The lowest BCUT2D eigenvalue weighted by atomic mass is 10.2. The average Bonchev–Trinajstić information content (AvgIpc) is 2.92. The lowest BCUT2D eigenvalue weighted by molar-refractivity contribution is -0.104. The molecule has 0 amide bonds.